The summed E-state index contributed by atoms with van der Waals surface area (Å²) in [6.45, 7) is 0. The Morgan fingerprint density at radius 2 is 2.17 bits per heavy atom. The van der Waals surface area contributed by atoms with Crippen molar-refractivity contribution in [1.29, 1.82) is 0 Å². The van der Waals surface area contributed by atoms with Crippen molar-refractivity contribution in [3.05, 3.63) is 26.5 Å². The van der Waals surface area contributed by atoms with Gasteiger partial charge < -0.3 is 10.7 Å². The lowest BCUT2D eigenvalue weighted by Gasteiger charge is -2.01. The van der Waals surface area contributed by atoms with Crippen molar-refractivity contribution in [2.75, 3.05) is 5.73 Å². The highest BCUT2D eigenvalue weighted by Crippen LogP contribution is 2.24. The fourth-order valence-corrected chi connectivity index (χ4v) is 1.36. The van der Waals surface area contributed by atoms with E-state index in [9.17, 15) is 13.6 Å². The third-order valence-corrected chi connectivity index (χ3v) is 1.92. The minimum Gasteiger partial charge on any atom is -0.385 e. The highest BCUT2D eigenvalue weighted by Gasteiger charge is 2.16. The van der Waals surface area contributed by atoms with E-state index in [1.165, 1.54) is 6.07 Å². The largest absolute Gasteiger partial charge is 0.385 e. The van der Waals surface area contributed by atoms with Crippen LogP contribution < -0.4 is 11.3 Å². The number of alkyl halides is 2. The van der Waals surface area contributed by atoms with E-state index in [0.29, 0.717) is 0 Å². The van der Waals surface area contributed by atoms with Crippen LogP contribution in [-0.4, -0.2) is 4.98 Å². The standard InChI is InChI=1S/C6H5BrF2N2O/c7-2-1-3(10)11-6(12)4(2)5(8)9/h1,5H,(H3,10,11,12). The molecule has 0 aromatic carbocycles. The maximum Gasteiger partial charge on any atom is 0.270 e. The molecule has 0 fully saturated rings. The number of nitrogen functional groups attached to an aromatic ring is 1. The summed E-state index contributed by atoms with van der Waals surface area (Å²) in [6, 6.07) is 1.23. The smallest absolute Gasteiger partial charge is 0.270 e. The van der Waals surface area contributed by atoms with Crippen LogP contribution in [0.3, 0.4) is 0 Å². The van der Waals surface area contributed by atoms with Crippen LogP contribution in [0.1, 0.15) is 12.0 Å². The van der Waals surface area contributed by atoms with E-state index in [2.05, 4.69) is 20.9 Å². The highest BCUT2D eigenvalue weighted by atomic mass is 79.9. The molecule has 1 aromatic heterocycles. The van der Waals surface area contributed by atoms with Crippen LogP contribution in [0.2, 0.25) is 0 Å². The van der Waals surface area contributed by atoms with Crippen molar-refractivity contribution < 1.29 is 8.78 Å². The van der Waals surface area contributed by atoms with Crippen LogP contribution in [0.5, 0.6) is 0 Å². The second kappa shape index (κ2) is 3.22. The normalized spacial score (nSPS) is 10.7. The molecular formula is C6H5BrF2N2O. The summed E-state index contributed by atoms with van der Waals surface area (Å²) >= 11 is 2.82. The Kier molecular flexibility index (Phi) is 2.46. The Hall–Kier alpha value is -0.910. The highest BCUT2D eigenvalue weighted by molar-refractivity contribution is 9.10. The first-order chi connectivity index (χ1) is 5.52. The Balaban J connectivity index is 3.39. The summed E-state index contributed by atoms with van der Waals surface area (Å²) < 4.78 is 24.3. The van der Waals surface area contributed by atoms with Crippen molar-refractivity contribution in [1.82, 2.24) is 4.98 Å². The topological polar surface area (TPSA) is 58.9 Å². The van der Waals surface area contributed by atoms with Gasteiger partial charge in [-0.15, -0.1) is 0 Å². The number of H-pyrrole nitrogens is 1. The number of aromatic nitrogens is 1. The number of pyridine rings is 1. The first-order valence-electron chi connectivity index (χ1n) is 2.98. The van der Waals surface area contributed by atoms with E-state index in [0.717, 1.165) is 0 Å². The van der Waals surface area contributed by atoms with Crippen LogP contribution in [0.25, 0.3) is 0 Å². The number of aromatic amines is 1. The summed E-state index contributed by atoms with van der Waals surface area (Å²) in [6.07, 6.45) is -2.80. The lowest BCUT2D eigenvalue weighted by atomic mass is 10.3. The first-order valence-corrected chi connectivity index (χ1v) is 3.78. The Labute approximate surface area is 74.7 Å². The quantitative estimate of drug-likeness (QED) is 0.782. The van der Waals surface area contributed by atoms with Gasteiger partial charge in [-0.05, 0) is 22.0 Å². The summed E-state index contributed by atoms with van der Waals surface area (Å²) in [7, 11) is 0. The minimum atomic E-state index is -2.80. The molecule has 0 spiro atoms. The van der Waals surface area contributed by atoms with Gasteiger partial charge in [0.05, 0.1) is 5.56 Å². The maximum absolute atomic E-state index is 12.1. The van der Waals surface area contributed by atoms with E-state index in [1.54, 1.807) is 0 Å². The number of anilines is 1. The molecule has 0 radical (unpaired) electrons. The predicted octanol–water partition coefficient (Wildman–Crippen LogP) is 1.66. The average Bonchev–Trinajstić information content (AvgIpc) is 1.82. The zero-order valence-electron chi connectivity index (χ0n) is 5.77. The van der Waals surface area contributed by atoms with Gasteiger partial charge in [0.2, 0.25) is 0 Å². The van der Waals surface area contributed by atoms with Gasteiger partial charge >= 0.3 is 0 Å². The lowest BCUT2D eigenvalue weighted by molar-refractivity contribution is 0.149. The summed E-state index contributed by atoms with van der Waals surface area (Å²) in [4.78, 5) is 12.9. The molecule has 0 saturated heterocycles. The van der Waals surface area contributed by atoms with Gasteiger partial charge in [0.25, 0.3) is 12.0 Å². The molecule has 0 bridgehead atoms. The zero-order chi connectivity index (χ0) is 9.30. The molecule has 3 nitrogen and oxygen atoms in total. The van der Waals surface area contributed by atoms with Gasteiger partial charge in [-0.1, -0.05) is 0 Å². The molecule has 0 atom stereocenters. The fourth-order valence-electron chi connectivity index (χ4n) is 0.761. The number of nitrogens with two attached hydrogens (primary N) is 1. The van der Waals surface area contributed by atoms with Crippen LogP contribution in [0.4, 0.5) is 14.6 Å². The monoisotopic (exact) mass is 238 g/mol. The lowest BCUT2D eigenvalue weighted by Crippen LogP contribution is -2.15. The molecule has 0 saturated carbocycles. The van der Waals surface area contributed by atoms with Crippen molar-refractivity contribution in [2.45, 2.75) is 6.43 Å². The van der Waals surface area contributed by atoms with Gasteiger partial charge in [0.15, 0.2) is 0 Å². The number of nitrogens with one attached hydrogen (secondary N) is 1. The molecule has 0 amide bonds. The second-order valence-electron chi connectivity index (χ2n) is 2.12. The molecule has 66 valence electrons. The summed E-state index contributed by atoms with van der Waals surface area (Å²) in [5, 5.41) is 0. The van der Waals surface area contributed by atoms with Gasteiger partial charge in [-0.25, -0.2) is 8.78 Å². The van der Waals surface area contributed by atoms with Crippen molar-refractivity contribution >= 4 is 21.7 Å². The second-order valence-corrected chi connectivity index (χ2v) is 2.97. The van der Waals surface area contributed by atoms with Gasteiger partial charge in [0.1, 0.15) is 5.82 Å². The summed E-state index contributed by atoms with van der Waals surface area (Å²) in [5.41, 5.74) is 3.74. The number of hydrogen-bond donors (Lipinski definition) is 2. The molecule has 1 aromatic rings. The molecule has 3 N–H and O–H groups in total. The maximum atomic E-state index is 12.1. The third kappa shape index (κ3) is 1.63. The molecule has 6 heteroatoms. The van der Waals surface area contributed by atoms with Crippen LogP contribution >= 0.6 is 15.9 Å². The molecule has 12 heavy (non-hydrogen) atoms. The van der Waals surface area contributed by atoms with E-state index in [1.807, 2.05) is 0 Å². The molecule has 0 aliphatic carbocycles. The van der Waals surface area contributed by atoms with Gasteiger partial charge in [0, 0.05) is 4.47 Å². The van der Waals surface area contributed by atoms with E-state index in [-0.39, 0.29) is 10.3 Å². The average molecular weight is 239 g/mol. The molecule has 1 heterocycles. The number of hydrogen-bond acceptors (Lipinski definition) is 2. The van der Waals surface area contributed by atoms with Crippen LogP contribution in [0.15, 0.2) is 15.3 Å². The van der Waals surface area contributed by atoms with Gasteiger partial charge in [-0.2, -0.15) is 0 Å². The van der Waals surface area contributed by atoms with E-state index >= 15 is 0 Å². The van der Waals surface area contributed by atoms with Gasteiger partial charge in [-0.3, -0.25) is 4.79 Å². The predicted molar refractivity (Wildman–Crippen MR) is 44.1 cm³/mol. The molecule has 1 rings (SSSR count). The number of rotatable bonds is 1. The molecule has 0 aliphatic heterocycles. The van der Waals surface area contributed by atoms with Crippen LogP contribution in [-0.2, 0) is 0 Å². The minimum absolute atomic E-state index is 0.0266. The van der Waals surface area contributed by atoms with Crippen LogP contribution in [0, 0.1) is 0 Å². The third-order valence-electron chi connectivity index (χ3n) is 1.26. The first kappa shape index (κ1) is 9.18. The summed E-state index contributed by atoms with van der Waals surface area (Å²) in [5.74, 6) is 0.0521. The Morgan fingerprint density at radius 1 is 1.58 bits per heavy atom. The fraction of sp³-hybridized carbons (Fsp3) is 0.167. The number of halogens is 3. The Bertz CT molecular complexity index is 350. The molecule has 0 aliphatic rings. The van der Waals surface area contributed by atoms with Crippen molar-refractivity contribution in [3.63, 3.8) is 0 Å². The SMILES string of the molecule is Nc1cc(Br)c(C(F)F)c(=O)[nH]1. The van der Waals surface area contributed by atoms with E-state index < -0.39 is 17.5 Å². The molecular weight excluding hydrogens is 234 g/mol. The molecule has 0 unspecified atom stereocenters. The Morgan fingerprint density at radius 3 is 2.58 bits per heavy atom. The van der Waals surface area contributed by atoms with Crippen molar-refractivity contribution in [3.8, 4) is 0 Å². The van der Waals surface area contributed by atoms with E-state index in [4.69, 9.17) is 5.73 Å². The zero-order valence-corrected chi connectivity index (χ0v) is 7.36. The van der Waals surface area contributed by atoms with Crippen molar-refractivity contribution in [2.24, 2.45) is 0 Å².